The van der Waals surface area contributed by atoms with Crippen molar-refractivity contribution in [2.45, 2.75) is 99.3 Å². The number of para-hydroxylation sites is 1. The number of carbonyl (C=O) groups is 2. The van der Waals surface area contributed by atoms with E-state index in [9.17, 15) is 14.7 Å². The lowest BCUT2D eigenvalue weighted by Crippen LogP contribution is -2.67. The molecule has 5 saturated carbocycles. The second kappa shape index (κ2) is 9.57. The number of rotatable bonds is 4. The second-order valence-electron chi connectivity index (χ2n) is 16.3. The third-order valence-electron chi connectivity index (χ3n) is 14.5. The van der Waals surface area contributed by atoms with Gasteiger partial charge in [0.15, 0.2) is 5.78 Å². The molecule has 0 spiro atoms. The lowest BCUT2D eigenvalue weighted by Gasteiger charge is -2.72. The van der Waals surface area contributed by atoms with Gasteiger partial charge in [0.25, 0.3) is 0 Å². The number of carbonyl (C=O) groups excluding carboxylic acids is 1. The largest absolute Gasteiger partial charge is 0.496 e. The number of hydrogen-bond donors (Lipinski definition) is 1. The van der Waals surface area contributed by atoms with Gasteiger partial charge in [0, 0.05) is 11.0 Å². The Morgan fingerprint density at radius 1 is 0.952 bits per heavy atom. The quantitative estimate of drug-likeness (QED) is 0.289. The number of ether oxygens (including phenoxy) is 1. The molecule has 4 heteroatoms. The molecule has 5 fully saturated rings. The molecule has 5 aliphatic carbocycles. The van der Waals surface area contributed by atoms with Crippen molar-refractivity contribution in [1.82, 2.24) is 0 Å². The highest BCUT2D eigenvalue weighted by atomic mass is 16.5. The van der Waals surface area contributed by atoms with Gasteiger partial charge in [0.05, 0.1) is 12.5 Å². The molecule has 0 radical (unpaired) electrons. The van der Waals surface area contributed by atoms with Crippen LogP contribution in [-0.2, 0) is 9.59 Å². The van der Waals surface area contributed by atoms with Gasteiger partial charge >= 0.3 is 5.97 Å². The summed E-state index contributed by atoms with van der Waals surface area (Å²) in [4.78, 5) is 27.1. The van der Waals surface area contributed by atoms with Crippen LogP contribution >= 0.6 is 0 Å². The average molecular weight is 573 g/mol. The first-order valence-corrected chi connectivity index (χ1v) is 16.4. The molecular formula is C38H52O4. The van der Waals surface area contributed by atoms with E-state index in [4.69, 9.17) is 4.74 Å². The minimum Gasteiger partial charge on any atom is -0.496 e. The van der Waals surface area contributed by atoms with Crippen molar-refractivity contribution < 1.29 is 19.4 Å². The number of carboxylic acids is 1. The van der Waals surface area contributed by atoms with E-state index in [1.165, 1.54) is 5.57 Å². The van der Waals surface area contributed by atoms with E-state index < -0.39 is 16.8 Å². The van der Waals surface area contributed by atoms with Crippen LogP contribution in [0.3, 0.4) is 0 Å². The first-order valence-electron chi connectivity index (χ1n) is 16.4. The summed E-state index contributed by atoms with van der Waals surface area (Å²) in [5.74, 6) is 2.23. The Kier molecular flexibility index (Phi) is 6.77. The fourth-order valence-electron chi connectivity index (χ4n) is 12.5. The topological polar surface area (TPSA) is 63.6 Å². The molecule has 0 heterocycles. The number of allylic oxidation sites excluding steroid dienone is 2. The predicted molar refractivity (Wildman–Crippen MR) is 168 cm³/mol. The minimum atomic E-state index is -0.595. The Bertz CT molecular complexity index is 1350. The fraction of sp³-hybridized carbons (Fsp3) is 0.684. The number of hydrogen-bond acceptors (Lipinski definition) is 3. The zero-order valence-corrected chi connectivity index (χ0v) is 27.0. The highest BCUT2D eigenvalue weighted by molar-refractivity contribution is 6.04. The van der Waals surface area contributed by atoms with Crippen molar-refractivity contribution in [2.75, 3.05) is 7.11 Å². The second-order valence-corrected chi connectivity index (χ2v) is 16.3. The number of methoxy groups -OCH3 is 1. The van der Waals surface area contributed by atoms with E-state index in [-0.39, 0.29) is 22.2 Å². The summed E-state index contributed by atoms with van der Waals surface area (Å²) in [6.07, 6.45) is 10.8. The van der Waals surface area contributed by atoms with Crippen molar-refractivity contribution in [3.05, 3.63) is 47.6 Å². The van der Waals surface area contributed by atoms with Crippen molar-refractivity contribution in [3.63, 3.8) is 0 Å². The fourth-order valence-corrected chi connectivity index (χ4v) is 12.5. The van der Waals surface area contributed by atoms with E-state index in [2.05, 4.69) is 54.2 Å². The maximum Gasteiger partial charge on any atom is 0.309 e. The molecule has 0 amide bonds. The van der Waals surface area contributed by atoms with Crippen molar-refractivity contribution in [1.29, 1.82) is 0 Å². The molecule has 0 aromatic heterocycles. The number of ketones is 1. The van der Waals surface area contributed by atoms with Crippen molar-refractivity contribution in [3.8, 4) is 5.75 Å². The molecule has 1 N–H and O–H groups in total. The smallest absolute Gasteiger partial charge is 0.309 e. The first kappa shape index (κ1) is 29.7. The maximum atomic E-state index is 14.1. The lowest BCUT2D eigenvalue weighted by molar-refractivity contribution is -0.231. The van der Waals surface area contributed by atoms with Gasteiger partial charge in [-0.2, -0.15) is 0 Å². The van der Waals surface area contributed by atoms with E-state index in [1.54, 1.807) is 7.11 Å². The average Bonchev–Trinajstić information content (AvgIpc) is 3.34. The van der Waals surface area contributed by atoms with Gasteiger partial charge in [0.1, 0.15) is 5.75 Å². The summed E-state index contributed by atoms with van der Waals surface area (Å²) in [6, 6.07) is 8.01. The molecule has 4 nitrogen and oxygen atoms in total. The van der Waals surface area contributed by atoms with Gasteiger partial charge < -0.3 is 9.84 Å². The first-order chi connectivity index (χ1) is 19.7. The highest BCUT2D eigenvalue weighted by Crippen LogP contribution is 2.77. The van der Waals surface area contributed by atoms with E-state index in [0.717, 1.165) is 74.7 Å². The molecule has 0 saturated heterocycles. The molecular weight excluding hydrogens is 520 g/mol. The maximum absolute atomic E-state index is 14.1. The molecule has 9 atom stereocenters. The lowest BCUT2D eigenvalue weighted by atomic mass is 9.32. The SMILES string of the molecule is C=C(C)[C@@H]1CC[C@]2(C(=O)O)CC[C@]3(C)[C@H](CC[C@@H]4[C@@]5(C)C/C(=C\c6ccccc6OC)C(=O)C(C)(C)[C@@H]5CC[C@]43C)[C@@H]12. The van der Waals surface area contributed by atoms with Crippen LogP contribution in [0.1, 0.15) is 105 Å². The van der Waals surface area contributed by atoms with Gasteiger partial charge in [-0.25, -0.2) is 0 Å². The summed E-state index contributed by atoms with van der Waals surface area (Å²) in [7, 11) is 1.69. The van der Waals surface area contributed by atoms with Crippen LogP contribution in [0, 0.1) is 56.7 Å². The monoisotopic (exact) mass is 572 g/mol. The molecule has 1 aromatic rings. The van der Waals surface area contributed by atoms with E-state index in [0.29, 0.717) is 29.5 Å². The van der Waals surface area contributed by atoms with Crippen LogP contribution in [0.4, 0.5) is 0 Å². The van der Waals surface area contributed by atoms with E-state index in [1.807, 2.05) is 24.3 Å². The van der Waals surface area contributed by atoms with Gasteiger partial charge in [-0.05, 0) is 128 Å². The summed E-state index contributed by atoms with van der Waals surface area (Å²) in [5, 5.41) is 10.7. The molecule has 42 heavy (non-hydrogen) atoms. The number of Topliss-reactive ketones (excluding diaryl/α,β-unsaturated/α-hetero) is 1. The summed E-state index contributed by atoms with van der Waals surface area (Å²) >= 11 is 0. The third-order valence-corrected chi connectivity index (χ3v) is 14.5. The normalized spacial score (nSPS) is 44.9. The number of carboxylic acid groups (broad SMARTS) is 1. The highest BCUT2D eigenvalue weighted by Gasteiger charge is 2.72. The van der Waals surface area contributed by atoms with Crippen LogP contribution in [0.15, 0.2) is 42.0 Å². The summed E-state index contributed by atoms with van der Waals surface area (Å²) < 4.78 is 5.66. The summed E-state index contributed by atoms with van der Waals surface area (Å²) in [5.41, 5.74) is 2.23. The molecule has 5 aliphatic rings. The van der Waals surface area contributed by atoms with Gasteiger partial charge in [-0.1, -0.05) is 65.0 Å². The standard InChI is InChI=1S/C38H52O4/c1-23(2)26-15-18-38(33(40)41)20-19-36(6)27(31(26)38)13-14-30-35(5)22-25(21-24-11-9-10-12-28(24)42-8)32(39)34(3,4)29(35)16-17-37(30,36)7/h9-12,21,26-27,29-31H,1,13-20,22H2,2-8H3,(H,40,41)/b25-21+/t26-,27+,29-,30+,31+,35-,36+,37+,38-/m0/s1. The third kappa shape index (κ3) is 3.71. The number of fused-ring (bicyclic) bond motifs is 7. The van der Waals surface area contributed by atoms with Crippen LogP contribution < -0.4 is 4.74 Å². The molecule has 1 aromatic carbocycles. The van der Waals surface area contributed by atoms with Crippen molar-refractivity contribution in [2.24, 2.45) is 56.7 Å². The van der Waals surface area contributed by atoms with Crippen LogP contribution in [0.5, 0.6) is 5.75 Å². The van der Waals surface area contributed by atoms with Gasteiger partial charge in [-0.15, -0.1) is 0 Å². The Hall–Kier alpha value is -2.36. The molecule has 0 unspecified atom stereocenters. The summed E-state index contributed by atoms with van der Waals surface area (Å²) in [6.45, 7) is 18.5. The molecule has 0 aliphatic heterocycles. The van der Waals surface area contributed by atoms with E-state index >= 15 is 0 Å². The molecule has 6 rings (SSSR count). The van der Waals surface area contributed by atoms with Crippen LogP contribution in [0.25, 0.3) is 6.08 Å². The van der Waals surface area contributed by atoms with Gasteiger partial charge in [-0.3, -0.25) is 9.59 Å². The van der Waals surface area contributed by atoms with Crippen LogP contribution in [-0.4, -0.2) is 24.0 Å². The number of benzene rings is 1. The molecule has 0 bridgehead atoms. The van der Waals surface area contributed by atoms with Crippen molar-refractivity contribution >= 4 is 17.8 Å². The minimum absolute atomic E-state index is 0.00297. The molecule has 228 valence electrons. The zero-order chi connectivity index (χ0) is 30.5. The zero-order valence-electron chi connectivity index (χ0n) is 27.0. The Balaban J connectivity index is 1.42. The van der Waals surface area contributed by atoms with Crippen LogP contribution in [0.2, 0.25) is 0 Å². The Morgan fingerprint density at radius 3 is 2.33 bits per heavy atom. The predicted octanol–water partition coefficient (Wildman–Crippen LogP) is 9.00. The Labute approximate surface area is 253 Å². The van der Waals surface area contributed by atoms with Gasteiger partial charge in [0.2, 0.25) is 0 Å². The Morgan fingerprint density at radius 2 is 1.67 bits per heavy atom. The number of aliphatic carboxylic acids is 1.